The number of alkyl halides is 1. The van der Waals surface area contributed by atoms with Crippen molar-refractivity contribution in [2.45, 2.75) is 80.1 Å². The van der Waals surface area contributed by atoms with Crippen molar-refractivity contribution in [3.63, 3.8) is 0 Å². The van der Waals surface area contributed by atoms with Gasteiger partial charge in [0.1, 0.15) is 17.0 Å². The highest BCUT2D eigenvalue weighted by atomic mass is 35.5. The Balaban J connectivity index is 1.57. The Morgan fingerprint density at radius 1 is 0.935 bits per heavy atom. The highest BCUT2D eigenvalue weighted by Gasteiger charge is 2.56. The van der Waals surface area contributed by atoms with Crippen LogP contribution in [0.3, 0.4) is 0 Å². The largest absolute Gasteiger partial charge is 0.458 e. The van der Waals surface area contributed by atoms with Gasteiger partial charge in [0.2, 0.25) is 11.4 Å². The molecule has 2 saturated heterocycles. The van der Waals surface area contributed by atoms with E-state index in [4.69, 9.17) is 25.8 Å². The van der Waals surface area contributed by atoms with Crippen molar-refractivity contribution >= 4 is 35.2 Å². The van der Waals surface area contributed by atoms with Crippen LogP contribution in [0.1, 0.15) is 57.2 Å². The van der Waals surface area contributed by atoms with Crippen molar-refractivity contribution in [3.8, 4) is 11.8 Å². The molecular weight excluding hydrogens is 620 g/mol. The molecule has 2 aliphatic heterocycles. The van der Waals surface area contributed by atoms with Crippen LogP contribution in [0.15, 0.2) is 91.0 Å². The number of thioether (sulfide) groups is 1. The molecule has 9 heteroatoms. The number of carbonyl (C=O) groups is 2. The molecule has 242 valence electrons. The molecule has 2 fully saturated rings. The predicted octanol–water partition coefficient (Wildman–Crippen LogP) is 6.29. The lowest BCUT2D eigenvalue weighted by molar-refractivity contribution is -0.167. The number of nitrogens with one attached hydrogen (secondary N) is 1. The monoisotopic (exact) mass is 660 g/mol. The van der Waals surface area contributed by atoms with Crippen LogP contribution in [-0.2, 0) is 29.3 Å². The second-order valence-corrected chi connectivity index (χ2v) is 13.9. The molecule has 0 saturated carbocycles. The maximum Gasteiger partial charge on any atom is 0.345 e. The molecular formula is C37H41ClN2O5S. The van der Waals surface area contributed by atoms with Crippen LogP contribution in [0.4, 0.5) is 0 Å². The normalized spacial score (nSPS) is 20.2. The van der Waals surface area contributed by atoms with Gasteiger partial charge in [-0.15, -0.1) is 5.92 Å². The van der Waals surface area contributed by atoms with Gasteiger partial charge >= 0.3 is 5.97 Å². The van der Waals surface area contributed by atoms with E-state index in [-0.39, 0.29) is 12.0 Å². The number of nitrogens with zero attached hydrogens (tertiary/aromatic N) is 1. The standard InChI is InChI=1S/C37H41ClN2O5S/c1-5-15-30(44-29-22-24-43-25-23-29)46-34-31(33(41)40(34)32(38)35(42)45-36(2,3)4)39-37(26-16-9-6-10-17-26,27-18-11-7-12-19-27)28-20-13-8-14-21-28/h6-14,16-21,29-32,34,39H,22-25H2,1-4H3. The number of likely N-dealkylation sites (tertiary alicyclic amines) is 1. The maximum absolute atomic E-state index is 14.2. The fraction of sp³-hybridized carbons (Fsp3) is 0.405. The number of carbonyl (C=O) groups excluding carboxylic acids is 2. The third-order valence-electron chi connectivity index (χ3n) is 7.93. The van der Waals surface area contributed by atoms with Gasteiger partial charge in [-0.2, -0.15) is 0 Å². The van der Waals surface area contributed by atoms with Crippen molar-refractivity contribution in [2.24, 2.45) is 0 Å². The molecule has 5 rings (SSSR count). The summed E-state index contributed by atoms with van der Waals surface area (Å²) in [7, 11) is 0. The van der Waals surface area contributed by atoms with Crippen molar-refractivity contribution < 1.29 is 23.8 Å². The predicted molar refractivity (Wildman–Crippen MR) is 182 cm³/mol. The van der Waals surface area contributed by atoms with E-state index in [0.29, 0.717) is 13.2 Å². The molecule has 2 aliphatic rings. The third kappa shape index (κ3) is 7.62. The fourth-order valence-electron chi connectivity index (χ4n) is 5.85. The fourth-order valence-corrected chi connectivity index (χ4v) is 7.54. The van der Waals surface area contributed by atoms with E-state index in [1.807, 2.05) is 54.6 Å². The minimum Gasteiger partial charge on any atom is -0.458 e. The van der Waals surface area contributed by atoms with E-state index in [1.54, 1.807) is 27.7 Å². The molecule has 4 atom stereocenters. The van der Waals surface area contributed by atoms with Crippen LogP contribution in [0, 0.1) is 11.8 Å². The number of β-lactam (4-membered cyclic amide) rings is 1. The van der Waals surface area contributed by atoms with Crippen molar-refractivity contribution in [2.75, 3.05) is 13.2 Å². The zero-order valence-corrected chi connectivity index (χ0v) is 28.2. The van der Waals surface area contributed by atoms with E-state index in [9.17, 15) is 9.59 Å². The third-order valence-corrected chi connectivity index (χ3v) is 9.57. The van der Waals surface area contributed by atoms with Gasteiger partial charge in [0.25, 0.3) is 0 Å². The van der Waals surface area contributed by atoms with Gasteiger partial charge in [-0.25, -0.2) is 4.79 Å². The van der Waals surface area contributed by atoms with Gasteiger partial charge in [-0.3, -0.25) is 10.1 Å². The second kappa shape index (κ2) is 15.1. The van der Waals surface area contributed by atoms with E-state index in [0.717, 1.165) is 29.5 Å². The van der Waals surface area contributed by atoms with E-state index < -0.39 is 39.5 Å². The summed E-state index contributed by atoms with van der Waals surface area (Å²) in [6, 6.07) is 29.4. The Morgan fingerprint density at radius 2 is 1.43 bits per heavy atom. The van der Waals surface area contributed by atoms with Gasteiger partial charge in [0.15, 0.2) is 5.44 Å². The first-order chi connectivity index (χ1) is 22.1. The number of amides is 1. The molecule has 2 heterocycles. The second-order valence-electron chi connectivity index (χ2n) is 12.3. The highest BCUT2D eigenvalue weighted by Crippen LogP contribution is 2.43. The van der Waals surface area contributed by atoms with Gasteiger partial charge in [0.05, 0.1) is 11.6 Å². The zero-order valence-electron chi connectivity index (χ0n) is 26.7. The number of hydrogen-bond donors (Lipinski definition) is 1. The highest BCUT2D eigenvalue weighted by molar-refractivity contribution is 8.00. The summed E-state index contributed by atoms with van der Waals surface area (Å²) < 4.78 is 17.6. The average Bonchev–Trinajstić information content (AvgIpc) is 3.06. The van der Waals surface area contributed by atoms with E-state index in [1.165, 1.54) is 16.7 Å². The molecule has 7 nitrogen and oxygen atoms in total. The number of ether oxygens (including phenoxy) is 3. The van der Waals surface area contributed by atoms with E-state index in [2.05, 4.69) is 53.6 Å². The minimum absolute atomic E-state index is 0.0301. The minimum atomic E-state index is -1.33. The van der Waals surface area contributed by atoms with Crippen molar-refractivity contribution in [3.05, 3.63) is 108 Å². The van der Waals surface area contributed by atoms with Crippen LogP contribution in [0.2, 0.25) is 0 Å². The first kappa shape index (κ1) is 34.0. The topological polar surface area (TPSA) is 77.1 Å². The lowest BCUT2D eigenvalue weighted by Crippen LogP contribution is -2.74. The first-order valence-corrected chi connectivity index (χ1v) is 17.0. The maximum atomic E-state index is 14.2. The Kier molecular flexibility index (Phi) is 11.1. The molecule has 0 spiro atoms. The van der Waals surface area contributed by atoms with Gasteiger partial charge in [-0.1, -0.05) is 120 Å². The molecule has 4 unspecified atom stereocenters. The molecule has 0 bridgehead atoms. The number of benzene rings is 3. The smallest absolute Gasteiger partial charge is 0.345 e. The number of rotatable bonds is 11. The van der Waals surface area contributed by atoms with Gasteiger partial charge < -0.3 is 19.1 Å². The SMILES string of the molecule is CC#CC(OC1CCOCC1)SC1C(NC(c2ccccc2)(c2ccccc2)c2ccccc2)C(=O)N1C(Cl)C(=O)OC(C)(C)C. The molecule has 0 aromatic heterocycles. The summed E-state index contributed by atoms with van der Waals surface area (Å²) in [6.07, 6.45) is 1.48. The Hall–Kier alpha value is -3.32. The number of esters is 1. The first-order valence-electron chi connectivity index (χ1n) is 15.6. The lowest BCUT2D eigenvalue weighted by atomic mass is 9.76. The molecule has 0 radical (unpaired) electrons. The summed E-state index contributed by atoms with van der Waals surface area (Å²) in [6.45, 7) is 8.31. The van der Waals surface area contributed by atoms with E-state index >= 15 is 0 Å². The molecule has 3 aromatic rings. The van der Waals surface area contributed by atoms with Crippen LogP contribution < -0.4 is 5.32 Å². The van der Waals surface area contributed by atoms with Crippen LogP contribution in [-0.4, -0.2) is 64.0 Å². The average molecular weight is 661 g/mol. The number of halogens is 1. The molecule has 46 heavy (non-hydrogen) atoms. The Morgan fingerprint density at radius 3 is 1.89 bits per heavy atom. The summed E-state index contributed by atoms with van der Waals surface area (Å²) in [5, 5.41) is 3.18. The Bertz CT molecular complexity index is 1420. The van der Waals surface area contributed by atoms with Crippen LogP contribution >= 0.6 is 23.4 Å². The van der Waals surface area contributed by atoms with Gasteiger partial charge in [0, 0.05) is 13.2 Å². The molecule has 3 aromatic carbocycles. The summed E-state index contributed by atoms with van der Waals surface area (Å²) >= 11 is 8.14. The van der Waals surface area contributed by atoms with Crippen molar-refractivity contribution in [1.29, 1.82) is 0 Å². The summed E-state index contributed by atoms with van der Waals surface area (Å²) in [5.41, 5.74) is -0.721. The lowest BCUT2D eigenvalue weighted by Gasteiger charge is -2.52. The Labute approximate surface area is 281 Å². The summed E-state index contributed by atoms with van der Waals surface area (Å²) in [4.78, 5) is 28.9. The zero-order chi connectivity index (χ0) is 32.7. The summed E-state index contributed by atoms with van der Waals surface area (Å²) in [5.74, 6) is 5.16. The molecule has 1 amide bonds. The number of hydrogen-bond acceptors (Lipinski definition) is 7. The quantitative estimate of drug-likeness (QED) is 0.0493. The molecule has 1 N–H and O–H groups in total. The van der Waals surface area contributed by atoms with Crippen LogP contribution in [0.5, 0.6) is 0 Å². The van der Waals surface area contributed by atoms with Crippen molar-refractivity contribution in [1.82, 2.24) is 10.2 Å². The van der Waals surface area contributed by atoms with Crippen LogP contribution in [0.25, 0.3) is 0 Å². The molecule has 0 aliphatic carbocycles. The van der Waals surface area contributed by atoms with Gasteiger partial charge in [-0.05, 0) is 57.2 Å².